The van der Waals surface area contributed by atoms with Crippen molar-refractivity contribution in [1.29, 1.82) is 0 Å². The molecule has 1 aliphatic heterocycles. The average molecular weight is 275 g/mol. The lowest BCUT2D eigenvalue weighted by molar-refractivity contribution is -0.121. The molecule has 104 valence electrons. The van der Waals surface area contributed by atoms with E-state index >= 15 is 0 Å². The highest BCUT2D eigenvalue weighted by molar-refractivity contribution is 7.92. The Labute approximate surface area is 109 Å². The Balaban J connectivity index is 2.30. The van der Waals surface area contributed by atoms with Gasteiger partial charge < -0.3 is 10.1 Å². The van der Waals surface area contributed by atoms with E-state index in [0.29, 0.717) is 32.6 Å². The summed E-state index contributed by atoms with van der Waals surface area (Å²) in [5, 5.41) is 1.74. The second kappa shape index (κ2) is 6.89. The van der Waals surface area contributed by atoms with E-state index in [9.17, 15) is 13.2 Å². The third kappa shape index (κ3) is 4.78. The lowest BCUT2D eigenvalue weighted by atomic mass is 10.2. The molecule has 0 spiro atoms. The van der Waals surface area contributed by atoms with Gasteiger partial charge in [-0.05, 0) is 19.8 Å². The average Bonchev–Trinajstić information content (AvgIpc) is 2.27. The number of sulfone groups is 1. The fraction of sp³-hybridized carbons (Fsp3) is 0.750. The van der Waals surface area contributed by atoms with Gasteiger partial charge in [-0.3, -0.25) is 4.79 Å². The topological polar surface area (TPSA) is 72.5 Å². The fourth-order valence-corrected chi connectivity index (χ4v) is 3.68. The molecule has 1 unspecified atom stereocenters. The van der Waals surface area contributed by atoms with Gasteiger partial charge in [0, 0.05) is 6.54 Å². The van der Waals surface area contributed by atoms with Crippen molar-refractivity contribution in [2.24, 2.45) is 0 Å². The van der Waals surface area contributed by atoms with Crippen molar-refractivity contribution < 1.29 is 17.9 Å². The number of rotatable bonds is 6. The Bertz CT molecular complexity index is 402. The summed E-state index contributed by atoms with van der Waals surface area (Å²) in [4.78, 5) is 11.7. The quantitative estimate of drug-likeness (QED) is 0.571. The predicted octanol–water partition coefficient (Wildman–Crippen LogP) is 0.663. The highest BCUT2D eigenvalue weighted by Gasteiger charge is 2.34. The van der Waals surface area contributed by atoms with Gasteiger partial charge in [-0.2, -0.15) is 0 Å². The third-order valence-electron chi connectivity index (χ3n) is 2.77. The van der Waals surface area contributed by atoms with Crippen LogP contribution in [0.25, 0.3) is 0 Å². The molecular formula is C12H21NO4S. The molecule has 1 saturated heterocycles. The Morgan fingerprint density at radius 3 is 2.78 bits per heavy atom. The molecule has 0 aliphatic carbocycles. The zero-order valence-corrected chi connectivity index (χ0v) is 11.6. The van der Waals surface area contributed by atoms with Crippen LogP contribution in [0.2, 0.25) is 0 Å². The molecule has 0 radical (unpaired) electrons. The molecule has 0 aromatic carbocycles. The minimum absolute atomic E-state index is 0.122. The van der Waals surface area contributed by atoms with Crippen LogP contribution in [0.5, 0.6) is 0 Å². The number of carbonyl (C=O) groups excluding carboxylic acids is 1. The van der Waals surface area contributed by atoms with Crippen LogP contribution in [-0.2, 0) is 19.4 Å². The van der Waals surface area contributed by atoms with Crippen LogP contribution in [-0.4, -0.2) is 45.1 Å². The fourth-order valence-electron chi connectivity index (χ4n) is 1.86. The minimum Gasteiger partial charge on any atom is -0.375 e. The van der Waals surface area contributed by atoms with Crippen molar-refractivity contribution in [1.82, 2.24) is 5.32 Å². The van der Waals surface area contributed by atoms with E-state index in [2.05, 4.69) is 11.9 Å². The highest BCUT2D eigenvalue weighted by Crippen LogP contribution is 2.19. The summed E-state index contributed by atoms with van der Waals surface area (Å²) < 4.78 is 28.6. The Morgan fingerprint density at radius 2 is 2.17 bits per heavy atom. The molecular weight excluding hydrogens is 254 g/mol. The van der Waals surface area contributed by atoms with Crippen LogP contribution in [0.15, 0.2) is 12.2 Å². The molecule has 0 bridgehead atoms. The largest absolute Gasteiger partial charge is 0.375 e. The van der Waals surface area contributed by atoms with Gasteiger partial charge in [-0.15, -0.1) is 0 Å². The van der Waals surface area contributed by atoms with Crippen LogP contribution < -0.4 is 5.32 Å². The summed E-state index contributed by atoms with van der Waals surface area (Å²) in [5.41, 5.74) is 0.913. The van der Waals surface area contributed by atoms with Crippen LogP contribution in [0, 0.1) is 0 Å². The van der Waals surface area contributed by atoms with E-state index in [1.54, 1.807) is 0 Å². The first-order chi connectivity index (χ1) is 8.43. The summed E-state index contributed by atoms with van der Waals surface area (Å²) >= 11 is 0. The maximum absolute atomic E-state index is 11.7. The molecule has 0 aromatic heterocycles. The first-order valence-corrected chi connectivity index (χ1v) is 7.86. The van der Waals surface area contributed by atoms with E-state index < -0.39 is 21.0 Å². The number of nitrogens with one attached hydrogen (secondary N) is 1. The normalized spacial score (nSPS) is 22.4. The first kappa shape index (κ1) is 15.2. The summed E-state index contributed by atoms with van der Waals surface area (Å²) in [5.74, 6) is -0.273. The van der Waals surface area contributed by atoms with Gasteiger partial charge in [0.15, 0.2) is 9.84 Å². The summed E-state index contributed by atoms with van der Waals surface area (Å²) in [6, 6.07) is 0. The van der Waals surface area contributed by atoms with Gasteiger partial charge in [0.2, 0.25) is 5.91 Å². The lowest BCUT2D eigenvalue weighted by Gasteiger charge is -2.21. The van der Waals surface area contributed by atoms with E-state index in [-0.39, 0.29) is 5.75 Å². The Kier molecular flexibility index (Phi) is 5.81. The first-order valence-electron chi connectivity index (χ1n) is 6.15. The maximum Gasteiger partial charge on any atom is 0.238 e. The molecule has 6 heteroatoms. The summed E-state index contributed by atoms with van der Waals surface area (Å²) in [7, 11) is -3.25. The van der Waals surface area contributed by atoms with Crippen LogP contribution in [0.1, 0.15) is 26.2 Å². The molecule has 1 aliphatic rings. The smallest absolute Gasteiger partial charge is 0.238 e. The predicted molar refractivity (Wildman–Crippen MR) is 70.1 cm³/mol. The van der Waals surface area contributed by atoms with E-state index in [4.69, 9.17) is 4.74 Å². The van der Waals surface area contributed by atoms with Crippen molar-refractivity contribution in [3.05, 3.63) is 12.2 Å². The second-order valence-electron chi connectivity index (χ2n) is 4.65. The van der Waals surface area contributed by atoms with Gasteiger partial charge in [0.25, 0.3) is 0 Å². The number of ether oxygens (including phenoxy) is 1. The van der Waals surface area contributed by atoms with Crippen LogP contribution >= 0.6 is 0 Å². The molecule has 18 heavy (non-hydrogen) atoms. The van der Waals surface area contributed by atoms with Crippen LogP contribution in [0.4, 0.5) is 0 Å². The highest BCUT2D eigenvalue weighted by atomic mass is 32.2. The molecule has 0 aromatic rings. The second-order valence-corrected chi connectivity index (χ2v) is 6.96. The van der Waals surface area contributed by atoms with Crippen molar-refractivity contribution >= 4 is 15.7 Å². The number of carbonyl (C=O) groups is 1. The van der Waals surface area contributed by atoms with Crippen molar-refractivity contribution in [3.63, 3.8) is 0 Å². The molecule has 1 N–H and O–H groups in total. The van der Waals surface area contributed by atoms with Gasteiger partial charge in [-0.25, -0.2) is 8.42 Å². The third-order valence-corrected chi connectivity index (χ3v) is 4.94. The monoisotopic (exact) mass is 275 g/mol. The van der Waals surface area contributed by atoms with Gasteiger partial charge >= 0.3 is 0 Å². The van der Waals surface area contributed by atoms with Gasteiger partial charge in [-0.1, -0.05) is 18.6 Å². The van der Waals surface area contributed by atoms with Gasteiger partial charge in [0.05, 0.1) is 19.0 Å². The zero-order chi connectivity index (χ0) is 13.6. The van der Waals surface area contributed by atoms with Crippen molar-refractivity contribution in [2.45, 2.75) is 31.4 Å². The minimum atomic E-state index is -3.25. The van der Waals surface area contributed by atoms with Crippen molar-refractivity contribution in [2.75, 3.05) is 25.5 Å². The summed E-state index contributed by atoms with van der Waals surface area (Å²) in [6.45, 7) is 6.70. The SMILES string of the molecule is C=C(C)COCCNC(=O)C1CCCCS1(=O)=O. The van der Waals surface area contributed by atoms with E-state index in [0.717, 1.165) is 12.0 Å². The molecule has 1 fully saturated rings. The standard InChI is InChI=1S/C12H21NO4S/c1-10(2)9-17-7-6-13-12(14)11-5-3-4-8-18(11,15)16/h11H,1,3-9H2,2H3,(H,13,14). The molecule has 1 amide bonds. The van der Waals surface area contributed by atoms with Crippen LogP contribution in [0.3, 0.4) is 0 Å². The zero-order valence-electron chi connectivity index (χ0n) is 10.8. The molecule has 0 saturated carbocycles. The molecule has 1 heterocycles. The number of hydrogen-bond acceptors (Lipinski definition) is 4. The Hall–Kier alpha value is -0.880. The lowest BCUT2D eigenvalue weighted by Crippen LogP contribution is -2.43. The summed E-state index contributed by atoms with van der Waals surface area (Å²) in [6.07, 6.45) is 1.89. The molecule has 1 atom stereocenters. The molecule has 1 rings (SSSR count). The van der Waals surface area contributed by atoms with Gasteiger partial charge in [0.1, 0.15) is 5.25 Å². The molecule has 5 nitrogen and oxygen atoms in total. The number of hydrogen-bond donors (Lipinski definition) is 1. The maximum atomic E-state index is 11.7. The Morgan fingerprint density at radius 1 is 1.44 bits per heavy atom. The van der Waals surface area contributed by atoms with Crippen molar-refractivity contribution in [3.8, 4) is 0 Å². The van der Waals surface area contributed by atoms with E-state index in [1.807, 2.05) is 6.92 Å². The number of amides is 1. The van der Waals surface area contributed by atoms with E-state index in [1.165, 1.54) is 0 Å².